The summed E-state index contributed by atoms with van der Waals surface area (Å²) < 4.78 is 7.30. The van der Waals surface area contributed by atoms with Crippen molar-refractivity contribution < 1.29 is 9.53 Å². The zero-order valence-corrected chi connectivity index (χ0v) is 21.1. The Bertz CT molecular complexity index is 1150. The molecule has 0 fully saturated rings. The number of benzene rings is 2. The maximum Gasteiger partial charge on any atom is 0.254 e. The van der Waals surface area contributed by atoms with Gasteiger partial charge in [0.05, 0.1) is 30.2 Å². The fraction of sp³-hybridized carbons (Fsp3) is 0.385. The molecular formula is C26H30Cl2N4O2. The highest BCUT2D eigenvalue weighted by atomic mass is 35.5. The molecule has 4 rings (SSSR count). The van der Waals surface area contributed by atoms with E-state index in [1.54, 1.807) is 36.3 Å². The molecule has 2 aromatic carbocycles. The molecule has 0 saturated heterocycles. The van der Waals surface area contributed by atoms with Crippen molar-refractivity contribution in [1.29, 1.82) is 0 Å². The van der Waals surface area contributed by atoms with Crippen LogP contribution in [0.25, 0.3) is 5.69 Å². The van der Waals surface area contributed by atoms with Gasteiger partial charge < -0.3 is 9.64 Å². The van der Waals surface area contributed by atoms with E-state index < -0.39 is 0 Å². The Morgan fingerprint density at radius 1 is 1.15 bits per heavy atom. The number of rotatable bonds is 9. The van der Waals surface area contributed by atoms with Crippen molar-refractivity contribution in [3.05, 3.63) is 81.1 Å². The van der Waals surface area contributed by atoms with Crippen LogP contribution in [0.1, 0.15) is 40.7 Å². The fourth-order valence-corrected chi connectivity index (χ4v) is 4.81. The van der Waals surface area contributed by atoms with E-state index in [1.807, 2.05) is 28.9 Å². The first-order valence-electron chi connectivity index (χ1n) is 11.6. The Kier molecular flexibility index (Phi) is 8.27. The van der Waals surface area contributed by atoms with Crippen LogP contribution in [0.4, 0.5) is 0 Å². The number of halogens is 2. The Balaban J connectivity index is 1.71. The lowest BCUT2D eigenvalue weighted by Gasteiger charge is -2.28. The Labute approximate surface area is 211 Å². The standard InChI is InChI=1S/C26H30Cl2N4O2/c1-3-11-30-12-10-25-23(17-30)24(29-32(25)22-9-5-8-21(28)16-22)18-31(13-14-34-2)26(33)19-6-4-7-20(27)15-19/h4-9,15-16H,3,10-14,17-18H2,1-2H3. The molecule has 0 atom stereocenters. The van der Waals surface area contributed by atoms with E-state index in [0.29, 0.717) is 35.3 Å². The second-order valence-corrected chi connectivity index (χ2v) is 9.39. The number of methoxy groups -OCH3 is 1. The molecule has 0 radical (unpaired) electrons. The molecule has 3 aromatic rings. The summed E-state index contributed by atoms with van der Waals surface area (Å²) in [5.41, 5.74) is 4.78. The lowest BCUT2D eigenvalue weighted by molar-refractivity contribution is 0.0676. The van der Waals surface area contributed by atoms with Crippen molar-refractivity contribution in [3.63, 3.8) is 0 Å². The van der Waals surface area contributed by atoms with Gasteiger partial charge >= 0.3 is 0 Å². The van der Waals surface area contributed by atoms with Gasteiger partial charge in [0, 0.05) is 54.3 Å². The van der Waals surface area contributed by atoms with Gasteiger partial charge in [-0.1, -0.05) is 42.3 Å². The fourth-order valence-electron chi connectivity index (χ4n) is 4.44. The highest BCUT2D eigenvalue weighted by Crippen LogP contribution is 2.28. The summed E-state index contributed by atoms with van der Waals surface area (Å²) in [7, 11) is 1.64. The van der Waals surface area contributed by atoms with Crippen molar-refractivity contribution in [3.8, 4) is 5.69 Å². The van der Waals surface area contributed by atoms with Crippen molar-refractivity contribution in [1.82, 2.24) is 19.6 Å². The lowest BCUT2D eigenvalue weighted by Crippen LogP contribution is -2.35. The Morgan fingerprint density at radius 2 is 1.91 bits per heavy atom. The van der Waals surface area contributed by atoms with Crippen molar-refractivity contribution in [2.75, 3.05) is 33.4 Å². The summed E-state index contributed by atoms with van der Waals surface area (Å²) in [5, 5.41) is 6.22. The lowest BCUT2D eigenvalue weighted by atomic mass is 10.0. The van der Waals surface area contributed by atoms with Crippen LogP contribution < -0.4 is 0 Å². The number of hydrogen-bond acceptors (Lipinski definition) is 4. The number of carbonyl (C=O) groups is 1. The molecule has 0 spiro atoms. The average Bonchev–Trinajstić information content (AvgIpc) is 3.19. The van der Waals surface area contributed by atoms with Gasteiger partial charge in [0.15, 0.2) is 0 Å². The number of nitrogens with zero attached hydrogens (tertiary/aromatic N) is 4. The van der Waals surface area contributed by atoms with Crippen LogP contribution in [-0.2, 0) is 24.2 Å². The minimum absolute atomic E-state index is 0.0909. The number of amides is 1. The maximum atomic E-state index is 13.4. The topological polar surface area (TPSA) is 50.6 Å². The smallest absolute Gasteiger partial charge is 0.254 e. The molecule has 2 heterocycles. The minimum atomic E-state index is -0.0909. The molecule has 180 valence electrons. The van der Waals surface area contributed by atoms with Crippen LogP contribution in [0.5, 0.6) is 0 Å². The van der Waals surface area contributed by atoms with Crippen LogP contribution in [-0.4, -0.2) is 58.8 Å². The summed E-state index contributed by atoms with van der Waals surface area (Å²) in [4.78, 5) is 17.7. The molecule has 34 heavy (non-hydrogen) atoms. The summed E-state index contributed by atoms with van der Waals surface area (Å²) in [6, 6.07) is 14.8. The van der Waals surface area contributed by atoms with E-state index in [2.05, 4.69) is 11.8 Å². The molecule has 1 aliphatic rings. The molecule has 6 nitrogen and oxygen atoms in total. The number of aromatic nitrogens is 2. The number of fused-ring (bicyclic) bond motifs is 1. The summed E-state index contributed by atoms with van der Waals surface area (Å²) in [6.07, 6.45) is 2.00. The first-order chi connectivity index (χ1) is 16.5. The largest absolute Gasteiger partial charge is 0.383 e. The van der Waals surface area contributed by atoms with E-state index >= 15 is 0 Å². The average molecular weight is 501 g/mol. The number of hydrogen-bond donors (Lipinski definition) is 0. The first kappa shape index (κ1) is 24.7. The predicted molar refractivity (Wildman–Crippen MR) is 136 cm³/mol. The molecule has 1 aliphatic heterocycles. The highest BCUT2D eigenvalue weighted by Gasteiger charge is 2.27. The Morgan fingerprint density at radius 3 is 2.62 bits per heavy atom. The van der Waals surface area contributed by atoms with Gasteiger partial charge in [0.25, 0.3) is 5.91 Å². The zero-order chi connectivity index (χ0) is 24.1. The third-order valence-corrected chi connectivity index (χ3v) is 6.55. The summed E-state index contributed by atoms with van der Waals surface area (Å²) in [6.45, 7) is 6.33. The summed E-state index contributed by atoms with van der Waals surface area (Å²) >= 11 is 12.4. The molecule has 0 N–H and O–H groups in total. The molecule has 0 bridgehead atoms. The summed E-state index contributed by atoms with van der Waals surface area (Å²) in [5.74, 6) is -0.0909. The SMILES string of the molecule is CCCN1CCc2c(c(CN(CCOC)C(=O)c3cccc(Cl)c3)nn2-c2cccc(Cl)c2)C1. The first-order valence-corrected chi connectivity index (χ1v) is 12.4. The maximum absolute atomic E-state index is 13.4. The van der Waals surface area contributed by atoms with Crippen LogP contribution in [0.3, 0.4) is 0 Å². The second-order valence-electron chi connectivity index (χ2n) is 8.52. The Hall–Kier alpha value is -2.38. The molecule has 0 aliphatic carbocycles. The molecule has 8 heteroatoms. The third-order valence-electron chi connectivity index (χ3n) is 6.08. The van der Waals surface area contributed by atoms with E-state index in [1.165, 1.54) is 11.3 Å². The van der Waals surface area contributed by atoms with Crippen LogP contribution >= 0.6 is 23.2 Å². The van der Waals surface area contributed by atoms with E-state index in [-0.39, 0.29) is 5.91 Å². The molecule has 1 amide bonds. The number of carbonyl (C=O) groups excluding carboxylic acids is 1. The van der Waals surface area contributed by atoms with E-state index in [9.17, 15) is 4.79 Å². The van der Waals surface area contributed by atoms with Gasteiger partial charge in [-0.2, -0.15) is 5.10 Å². The van der Waals surface area contributed by atoms with Crippen LogP contribution in [0.2, 0.25) is 10.0 Å². The minimum Gasteiger partial charge on any atom is -0.383 e. The zero-order valence-electron chi connectivity index (χ0n) is 19.6. The molecule has 0 unspecified atom stereocenters. The van der Waals surface area contributed by atoms with E-state index in [4.69, 9.17) is 33.0 Å². The van der Waals surface area contributed by atoms with Gasteiger partial charge in [-0.05, 0) is 49.4 Å². The monoisotopic (exact) mass is 500 g/mol. The highest BCUT2D eigenvalue weighted by molar-refractivity contribution is 6.31. The van der Waals surface area contributed by atoms with Gasteiger partial charge in [-0.3, -0.25) is 9.69 Å². The molecular weight excluding hydrogens is 471 g/mol. The normalized spacial score (nSPS) is 13.6. The van der Waals surface area contributed by atoms with Crippen LogP contribution in [0.15, 0.2) is 48.5 Å². The van der Waals surface area contributed by atoms with Crippen molar-refractivity contribution >= 4 is 29.1 Å². The van der Waals surface area contributed by atoms with Gasteiger partial charge in [0.2, 0.25) is 0 Å². The van der Waals surface area contributed by atoms with Crippen molar-refractivity contribution in [2.45, 2.75) is 32.9 Å². The molecule has 1 aromatic heterocycles. The van der Waals surface area contributed by atoms with Crippen molar-refractivity contribution in [2.24, 2.45) is 0 Å². The molecule has 0 saturated carbocycles. The van der Waals surface area contributed by atoms with Gasteiger partial charge in [-0.15, -0.1) is 0 Å². The quantitative estimate of drug-likeness (QED) is 0.403. The van der Waals surface area contributed by atoms with E-state index in [0.717, 1.165) is 43.9 Å². The van der Waals surface area contributed by atoms with Crippen LogP contribution in [0, 0.1) is 0 Å². The second kappa shape index (κ2) is 11.4. The van der Waals surface area contributed by atoms with Gasteiger partial charge in [-0.25, -0.2) is 4.68 Å². The van der Waals surface area contributed by atoms with Gasteiger partial charge in [0.1, 0.15) is 0 Å². The predicted octanol–water partition coefficient (Wildman–Crippen LogP) is 5.24. The third kappa shape index (κ3) is 5.63. The number of ether oxygens (including phenoxy) is 1.